The van der Waals surface area contributed by atoms with Crippen LogP contribution in [0.5, 0.6) is 0 Å². The number of carbonyl (C=O) groups excluding carboxylic acids is 2. The minimum absolute atomic E-state index is 0.0239. The standard InChI is InChI=1S/C25H31F3N2O2/c26-25(27,28)20-5-3-4-15(13-20)14-30-7-2-1-6-21(24(30)32)29-23(31)22-18-9-16-8-17(11-18)12-19(22)10-16/h3-5,13,16-19,21-22H,1-2,6-12,14H2,(H,29,31). The Kier molecular flexibility index (Phi) is 5.70. The predicted octanol–water partition coefficient (Wildman–Crippen LogP) is 4.78. The Bertz CT molecular complexity index is 856. The highest BCUT2D eigenvalue weighted by atomic mass is 19.4. The lowest BCUT2D eigenvalue weighted by molar-refractivity contribution is -0.143. The van der Waals surface area contributed by atoms with Crippen molar-refractivity contribution in [3.05, 3.63) is 35.4 Å². The molecule has 0 spiro atoms. The molecular weight excluding hydrogens is 417 g/mol. The van der Waals surface area contributed by atoms with Crippen molar-refractivity contribution in [1.82, 2.24) is 10.2 Å². The number of alkyl halides is 3. The molecule has 2 amide bonds. The van der Waals surface area contributed by atoms with Crippen LogP contribution in [0.15, 0.2) is 24.3 Å². The first kappa shape index (κ1) is 21.8. The summed E-state index contributed by atoms with van der Waals surface area (Å²) >= 11 is 0. The first-order chi connectivity index (χ1) is 15.3. The number of likely N-dealkylation sites (tertiary alicyclic amines) is 1. The Morgan fingerprint density at radius 3 is 2.38 bits per heavy atom. The molecule has 5 aliphatic rings. The SMILES string of the molecule is O=C(NC1CCCCN(Cc2cccc(C(F)(F)F)c2)C1=O)C1C2CC3CC(C2)CC1C3. The fourth-order valence-electron chi connectivity index (χ4n) is 7.08. The summed E-state index contributed by atoms with van der Waals surface area (Å²) in [7, 11) is 0. The summed E-state index contributed by atoms with van der Waals surface area (Å²) in [6.07, 6.45) is 3.69. The van der Waals surface area contributed by atoms with Crippen molar-refractivity contribution in [1.29, 1.82) is 0 Å². The number of carbonyl (C=O) groups is 2. The summed E-state index contributed by atoms with van der Waals surface area (Å²) in [5.74, 6) is 2.35. The minimum Gasteiger partial charge on any atom is -0.344 e. The van der Waals surface area contributed by atoms with Crippen LogP contribution < -0.4 is 5.32 Å². The maximum absolute atomic E-state index is 13.3. The zero-order valence-electron chi connectivity index (χ0n) is 18.2. The highest BCUT2D eigenvalue weighted by molar-refractivity contribution is 5.89. The second-order valence-corrected chi connectivity index (χ2v) is 10.5. The number of nitrogens with one attached hydrogen (secondary N) is 1. The van der Waals surface area contributed by atoms with Crippen molar-refractivity contribution in [2.45, 2.75) is 70.1 Å². The lowest BCUT2D eigenvalue weighted by Crippen LogP contribution is -2.55. The molecular formula is C25H31F3N2O2. The maximum atomic E-state index is 13.3. The van der Waals surface area contributed by atoms with Gasteiger partial charge >= 0.3 is 6.18 Å². The van der Waals surface area contributed by atoms with E-state index < -0.39 is 17.8 Å². The highest BCUT2D eigenvalue weighted by Gasteiger charge is 2.51. The molecule has 0 aromatic heterocycles. The molecule has 6 rings (SSSR count). The largest absolute Gasteiger partial charge is 0.416 e. The van der Waals surface area contributed by atoms with E-state index in [1.165, 1.54) is 12.5 Å². The molecule has 1 aromatic carbocycles. The molecule has 5 fully saturated rings. The zero-order chi connectivity index (χ0) is 22.5. The molecule has 1 atom stereocenters. The van der Waals surface area contributed by atoms with E-state index in [9.17, 15) is 22.8 Å². The van der Waals surface area contributed by atoms with Crippen LogP contribution in [0.2, 0.25) is 0 Å². The molecule has 7 heteroatoms. The van der Waals surface area contributed by atoms with Crippen LogP contribution in [0.4, 0.5) is 13.2 Å². The molecule has 4 bridgehead atoms. The van der Waals surface area contributed by atoms with Gasteiger partial charge < -0.3 is 10.2 Å². The molecule has 1 saturated heterocycles. The van der Waals surface area contributed by atoms with Gasteiger partial charge in [0, 0.05) is 19.0 Å². The average Bonchev–Trinajstić information content (AvgIpc) is 2.89. The van der Waals surface area contributed by atoms with Gasteiger partial charge in [0.1, 0.15) is 6.04 Å². The van der Waals surface area contributed by atoms with E-state index >= 15 is 0 Å². The topological polar surface area (TPSA) is 49.4 Å². The first-order valence-electron chi connectivity index (χ1n) is 12.0. The Labute approximate surface area is 186 Å². The second kappa shape index (κ2) is 8.38. The summed E-state index contributed by atoms with van der Waals surface area (Å²) in [5, 5.41) is 3.08. The molecule has 32 heavy (non-hydrogen) atoms. The maximum Gasteiger partial charge on any atom is 0.416 e. The fraction of sp³-hybridized carbons (Fsp3) is 0.680. The Morgan fingerprint density at radius 2 is 1.72 bits per heavy atom. The van der Waals surface area contributed by atoms with Crippen LogP contribution in [0, 0.1) is 29.6 Å². The van der Waals surface area contributed by atoms with Gasteiger partial charge in [0.25, 0.3) is 0 Å². The van der Waals surface area contributed by atoms with Gasteiger partial charge in [0.05, 0.1) is 5.56 Å². The Morgan fingerprint density at radius 1 is 1.03 bits per heavy atom. The van der Waals surface area contributed by atoms with Crippen molar-refractivity contribution < 1.29 is 22.8 Å². The van der Waals surface area contributed by atoms with E-state index in [2.05, 4.69) is 5.32 Å². The normalized spacial score (nSPS) is 34.5. The molecule has 1 aliphatic heterocycles. The van der Waals surface area contributed by atoms with Gasteiger partial charge in [-0.3, -0.25) is 9.59 Å². The number of nitrogens with zero attached hydrogens (tertiary/aromatic N) is 1. The molecule has 4 aliphatic carbocycles. The molecule has 1 aromatic rings. The van der Waals surface area contributed by atoms with Gasteiger partial charge in [-0.15, -0.1) is 0 Å². The van der Waals surface area contributed by atoms with Crippen LogP contribution in [0.1, 0.15) is 62.5 Å². The van der Waals surface area contributed by atoms with Crippen molar-refractivity contribution in [2.75, 3.05) is 6.54 Å². The highest BCUT2D eigenvalue weighted by Crippen LogP contribution is 2.56. The number of hydrogen-bond donors (Lipinski definition) is 1. The van der Waals surface area contributed by atoms with E-state index in [4.69, 9.17) is 0 Å². The number of rotatable bonds is 4. The number of hydrogen-bond acceptors (Lipinski definition) is 2. The average molecular weight is 449 g/mol. The second-order valence-electron chi connectivity index (χ2n) is 10.5. The zero-order valence-corrected chi connectivity index (χ0v) is 18.2. The fourth-order valence-corrected chi connectivity index (χ4v) is 7.08. The number of halogens is 3. The van der Waals surface area contributed by atoms with E-state index in [0.717, 1.165) is 62.5 Å². The van der Waals surface area contributed by atoms with Crippen molar-refractivity contribution >= 4 is 11.8 Å². The van der Waals surface area contributed by atoms with E-state index in [0.29, 0.717) is 30.4 Å². The van der Waals surface area contributed by atoms with Gasteiger partial charge in [-0.25, -0.2) is 0 Å². The van der Waals surface area contributed by atoms with Crippen LogP contribution in [-0.4, -0.2) is 29.3 Å². The third-order valence-electron chi connectivity index (χ3n) is 8.25. The smallest absolute Gasteiger partial charge is 0.344 e. The number of amides is 2. The van der Waals surface area contributed by atoms with Crippen LogP contribution in [-0.2, 0) is 22.3 Å². The molecule has 4 nitrogen and oxygen atoms in total. The van der Waals surface area contributed by atoms with Crippen molar-refractivity contribution in [3.63, 3.8) is 0 Å². The summed E-state index contributed by atoms with van der Waals surface area (Å²) in [5.41, 5.74) is -0.245. The van der Waals surface area contributed by atoms with Crippen molar-refractivity contribution in [3.8, 4) is 0 Å². The third-order valence-corrected chi connectivity index (χ3v) is 8.25. The van der Waals surface area contributed by atoms with Gasteiger partial charge in [-0.1, -0.05) is 12.1 Å². The Hall–Kier alpha value is -2.05. The quantitative estimate of drug-likeness (QED) is 0.721. The van der Waals surface area contributed by atoms with E-state index in [1.807, 2.05) is 0 Å². The third kappa shape index (κ3) is 4.27. The molecule has 1 N–H and O–H groups in total. The minimum atomic E-state index is -4.41. The lowest BCUT2D eigenvalue weighted by atomic mass is 9.51. The molecule has 1 heterocycles. The van der Waals surface area contributed by atoms with E-state index in [-0.39, 0.29) is 24.3 Å². The van der Waals surface area contributed by atoms with Gasteiger partial charge in [-0.2, -0.15) is 13.2 Å². The Balaban J connectivity index is 1.26. The van der Waals surface area contributed by atoms with Crippen LogP contribution in [0.25, 0.3) is 0 Å². The monoisotopic (exact) mass is 448 g/mol. The molecule has 4 saturated carbocycles. The summed E-state index contributed by atoms with van der Waals surface area (Å²) in [4.78, 5) is 28.1. The van der Waals surface area contributed by atoms with Gasteiger partial charge in [-0.05, 0) is 92.7 Å². The summed E-state index contributed by atoms with van der Waals surface area (Å²) in [6.45, 7) is 0.632. The van der Waals surface area contributed by atoms with Crippen LogP contribution >= 0.6 is 0 Å². The van der Waals surface area contributed by atoms with Crippen molar-refractivity contribution in [2.24, 2.45) is 29.6 Å². The van der Waals surface area contributed by atoms with E-state index in [1.54, 1.807) is 11.0 Å². The number of benzene rings is 1. The molecule has 1 unspecified atom stereocenters. The summed E-state index contributed by atoms with van der Waals surface area (Å²) < 4.78 is 39.2. The predicted molar refractivity (Wildman–Crippen MR) is 113 cm³/mol. The first-order valence-corrected chi connectivity index (χ1v) is 12.0. The van der Waals surface area contributed by atoms with Crippen LogP contribution in [0.3, 0.4) is 0 Å². The lowest BCUT2D eigenvalue weighted by Gasteiger charge is -2.53. The molecule has 0 radical (unpaired) electrons. The summed E-state index contributed by atoms with van der Waals surface area (Å²) in [6, 6.07) is 4.58. The van der Waals surface area contributed by atoms with Gasteiger partial charge in [0.15, 0.2) is 0 Å². The van der Waals surface area contributed by atoms with Gasteiger partial charge in [0.2, 0.25) is 11.8 Å². The molecule has 174 valence electrons.